The third-order valence-corrected chi connectivity index (χ3v) is 11.7. The number of methoxy groups -OCH3 is 1. The summed E-state index contributed by atoms with van der Waals surface area (Å²) in [6.45, 7) is 9.45. The molecule has 258 valence electrons. The van der Waals surface area contributed by atoms with Crippen LogP contribution in [0.25, 0.3) is 11.1 Å². The normalized spacial score (nSPS) is 28.4. The molecule has 8 atom stereocenters. The number of rotatable bonds is 13. The molecular weight excluding hydrogens is 602 g/mol. The standard InChI is InChI=1S/C40H53N3O5/c1-25-33-21-30(40(33,3)4)22-34(25)42-39(46)37-36(26(2)45)35(24-44)48-43(37)23-29-16-10-18-32(38(29)47-5)28-15-9-17-31(20-28)41-19-11-14-27-12-7-6-8-13-27/h6-10,12-13,15-18,20,25-26,30,33-37,41,44-45H,11,14,19,21-24H2,1-5H3,(H,42,46)/t25-,26-,30?,33+,34-,35-,36-,37-/m0/s1. The van der Waals surface area contributed by atoms with Crippen molar-refractivity contribution in [3.63, 3.8) is 0 Å². The summed E-state index contributed by atoms with van der Waals surface area (Å²) in [5, 5.41) is 29.7. The van der Waals surface area contributed by atoms with E-state index in [0.29, 0.717) is 28.9 Å². The van der Waals surface area contributed by atoms with E-state index in [1.54, 1.807) is 19.1 Å². The molecule has 48 heavy (non-hydrogen) atoms. The smallest absolute Gasteiger partial charge is 0.240 e. The fourth-order valence-corrected chi connectivity index (χ4v) is 8.80. The van der Waals surface area contributed by atoms with Gasteiger partial charge in [-0.15, -0.1) is 0 Å². The maximum Gasteiger partial charge on any atom is 0.240 e. The number of para-hydroxylation sites is 1. The van der Waals surface area contributed by atoms with Gasteiger partial charge < -0.3 is 25.6 Å². The van der Waals surface area contributed by atoms with Crippen LogP contribution < -0.4 is 15.4 Å². The van der Waals surface area contributed by atoms with Crippen molar-refractivity contribution < 1.29 is 24.6 Å². The first-order chi connectivity index (χ1) is 23.1. The average molecular weight is 656 g/mol. The van der Waals surface area contributed by atoms with Crippen LogP contribution in [0.5, 0.6) is 5.75 Å². The number of benzene rings is 3. The van der Waals surface area contributed by atoms with Crippen molar-refractivity contribution >= 4 is 11.6 Å². The molecular formula is C40H53N3O5. The number of aryl methyl sites for hydroxylation is 1. The van der Waals surface area contributed by atoms with Crippen LogP contribution in [0.15, 0.2) is 72.8 Å². The second-order valence-corrected chi connectivity index (χ2v) is 14.8. The molecule has 3 aliphatic carbocycles. The summed E-state index contributed by atoms with van der Waals surface area (Å²) in [4.78, 5) is 20.4. The second kappa shape index (κ2) is 14.6. The first kappa shape index (κ1) is 34.4. The van der Waals surface area contributed by atoms with Crippen molar-refractivity contribution in [3.05, 3.63) is 83.9 Å². The van der Waals surface area contributed by atoms with Crippen molar-refractivity contribution in [2.24, 2.45) is 29.1 Å². The molecule has 0 aromatic heterocycles. The molecule has 1 heterocycles. The first-order valence-electron chi connectivity index (χ1n) is 17.7. The number of hydroxylamine groups is 2. The Hall–Kier alpha value is -3.43. The minimum absolute atomic E-state index is 0.0797. The van der Waals surface area contributed by atoms with Gasteiger partial charge in [0.15, 0.2) is 0 Å². The van der Waals surface area contributed by atoms with Crippen molar-refractivity contribution in [2.45, 2.75) is 84.2 Å². The molecule has 4 aliphatic rings. The van der Waals surface area contributed by atoms with Gasteiger partial charge in [-0.1, -0.05) is 81.4 Å². The fraction of sp³-hybridized carbons (Fsp3) is 0.525. The number of hydrogen-bond acceptors (Lipinski definition) is 7. The number of hydrogen-bond donors (Lipinski definition) is 4. The number of nitrogens with one attached hydrogen (secondary N) is 2. The quantitative estimate of drug-likeness (QED) is 0.166. The lowest BCUT2D eigenvalue weighted by atomic mass is 9.45. The van der Waals surface area contributed by atoms with E-state index in [4.69, 9.17) is 9.57 Å². The highest BCUT2D eigenvalue weighted by Gasteiger charge is 2.57. The summed E-state index contributed by atoms with van der Waals surface area (Å²) in [5.41, 5.74) is 5.49. The first-order valence-corrected chi connectivity index (χ1v) is 17.7. The summed E-state index contributed by atoms with van der Waals surface area (Å²) in [7, 11) is 1.66. The Morgan fingerprint density at radius 3 is 2.54 bits per heavy atom. The van der Waals surface area contributed by atoms with E-state index in [1.807, 2.05) is 30.3 Å². The zero-order valence-electron chi connectivity index (χ0n) is 29.1. The Kier molecular flexibility index (Phi) is 10.5. The van der Waals surface area contributed by atoms with Gasteiger partial charge in [-0.2, -0.15) is 5.06 Å². The fourth-order valence-electron chi connectivity index (χ4n) is 8.80. The van der Waals surface area contributed by atoms with E-state index in [9.17, 15) is 15.0 Å². The number of anilines is 1. The van der Waals surface area contributed by atoms with E-state index >= 15 is 0 Å². The largest absolute Gasteiger partial charge is 0.496 e. The third kappa shape index (κ3) is 6.86. The van der Waals surface area contributed by atoms with Crippen molar-refractivity contribution in [3.8, 4) is 16.9 Å². The molecule has 4 N–H and O–H groups in total. The summed E-state index contributed by atoms with van der Waals surface area (Å²) in [6, 6.07) is 24.2. The molecule has 1 saturated heterocycles. The zero-order chi connectivity index (χ0) is 34.0. The maximum atomic E-state index is 14.1. The number of aliphatic hydroxyl groups is 2. The summed E-state index contributed by atoms with van der Waals surface area (Å²) in [6.07, 6.45) is 2.69. The van der Waals surface area contributed by atoms with Gasteiger partial charge in [0, 0.05) is 35.3 Å². The highest BCUT2D eigenvalue weighted by atomic mass is 16.7. The lowest BCUT2D eigenvalue weighted by molar-refractivity contribution is -0.183. The van der Waals surface area contributed by atoms with Crippen molar-refractivity contribution in [2.75, 3.05) is 25.6 Å². The maximum absolute atomic E-state index is 14.1. The predicted molar refractivity (Wildman–Crippen MR) is 189 cm³/mol. The lowest BCUT2D eigenvalue weighted by Crippen LogP contribution is -2.62. The molecule has 0 spiro atoms. The van der Waals surface area contributed by atoms with Crippen LogP contribution in [-0.4, -0.2) is 65.7 Å². The predicted octanol–water partition coefficient (Wildman–Crippen LogP) is 6.07. The molecule has 3 saturated carbocycles. The van der Waals surface area contributed by atoms with Crippen molar-refractivity contribution in [1.29, 1.82) is 0 Å². The van der Waals surface area contributed by atoms with E-state index in [0.717, 1.165) is 48.2 Å². The molecule has 8 nitrogen and oxygen atoms in total. The Bertz CT molecular complexity index is 1540. The SMILES string of the molecule is COc1c(CN2O[C@@H](CO)[C@H]([C@H](C)O)[C@H]2C(=O)N[C@H]2CC3C[C@H]([C@@H]2C)C3(C)C)cccc1-c1cccc(NCCCc2ccccc2)c1. The number of carbonyl (C=O) groups is 1. The number of ether oxygens (including phenoxy) is 1. The average Bonchev–Trinajstić information content (AvgIpc) is 3.46. The molecule has 2 bridgehead atoms. The Morgan fingerprint density at radius 2 is 1.85 bits per heavy atom. The molecule has 4 fully saturated rings. The summed E-state index contributed by atoms with van der Waals surface area (Å²) >= 11 is 0. The van der Waals surface area contributed by atoms with Crippen molar-refractivity contribution in [1.82, 2.24) is 10.4 Å². The van der Waals surface area contributed by atoms with Gasteiger partial charge in [-0.05, 0) is 79.0 Å². The van der Waals surface area contributed by atoms with Crippen LogP contribution in [0.4, 0.5) is 5.69 Å². The molecule has 3 aromatic rings. The van der Waals surface area contributed by atoms with Crippen LogP contribution in [0.3, 0.4) is 0 Å². The minimum atomic E-state index is -0.852. The monoisotopic (exact) mass is 655 g/mol. The highest BCUT2D eigenvalue weighted by molar-refractivity contribution is 5.83. The molecule has 0 radical (unpaired) electrons. The Labute approximate surface area is 285 Å². The molecule has 8 heteroatoms. The Morgan fingerprint density at radius 1 is 1.08 bits per heavy atom. The molecule has 1 amide bonds. The van der Waals surface area contributed by atoms with Gasteiger partial charge in [0.1, 0.15) is 17.9 Å². The van der Waals surface area contributed by atoms with E-state index in [2.05, 4.69) is 73.9 Å². The van der Waals surface area contributed by atoms with E-state index in [-0.39, 0.29) is 25.1 Å². The van der Waals surface area contributed by atoms with Crippen LogP contribution in [0.1, 0.15) is 58.1 Å². The third-order valence-electron chi connectivity index (χ3n) is 11.7. The number of aliphatic hydroxyl groups excluding tert-OH is 2. The molecule has 1 aliphatic heterocycles. The van der Waals surface area contributed by atoms with Gasteiger partial charge >= 0.3 is 0 Å². The second-order valence-electron chi connectivity index (χ2n) is 14.8. The Balaban J connectivity index is 1.19. The zero-order valence-corrected chi connectivity index (χ0v) is 29.1. The van der Waals surface area contributed by atoms with Crippen LogP contribution in [0, 0.1) is 29.1 Å². The number of amides is 1. The molecule has 7 rings (SSSR count). The van der Waals surface area contributed by atoms with Crippen LogP contribution in [-0.2, 0) is 22.6 Å². The van der Waals surface area contributed by atoms with E-state index < -0.39 is 24.2 Å². The topological polar surface area (TPSA) is 103 Å². The summed E-state index contributed by atoms with van der Waals surface area (Å²) < 4.78 is 6.02. The molecule has 1 unspecified atom stereocenters. The van der Waals surface area contributed by atoms with Crippen LogP contribution in [0.2, 0.25) is 0 Å². The minimum Gasteiger partial charge on any atom is -0.496 e. The summed E-state index contributed by atoms with van der Waals surface area (Å²) in [5.74, 6) is 1.52. The van der Waals surface area contributed by atoms with Gasteiger partial charge in [0.2, 0.25) is 5.91 Å². The number of carbonyl (C=O) groups excluding carboxylic acids is 1. The van der Waals surface area contributed by atoms with Crippen LogP contribution >= 0.6 is 0 Å². The van der Waals surface area contributed by atoms with Gasteiger partial charge in [-0.25, -0.2) is 0 Å². The van der Waals surface area contributed by atoms with E-state index in [1.165, 1.54) is 12.0 Å². The highest BCUT2D eigenvalue weighted by Crippen LogP contribution is 2.61. The number of fused-ring (bicyclic) bond motifs is 2. The van der Waals surface area contributed by atoms with Gasteiger partial charge in [0.05, 0.1) is 26.4 Å². The number of nitrogens with zero attached hydrogens (tertiary/aromatic N) is 1. The molecule has 3 aromatic carbocycles. The van der Waals surface area contributed by atoms with Gasteiger partial charge in [0.25, 0.3) is 0 Å². The lowest BCUT2D eigenvalue weighted by Gasteiger charge is -2.62. The van der Waals surface area contributed by atoms with Gasteiger partial charge in [-0.3, -0.25) is 9.63 Å².